The summed E-state index contributed by atoms with van der Waals surface area (Å²) in [5.74, 6) is -1.47. The Kier molecular flexibility index (Phi) is 3.79. The average molecular weight is 316 g/mol. The molecule has 3 rings (SSSR count). The number of rotatable bonds is 3. The van der Waals surface area contributed by atoms with Crippen LogP contribution in [0.2, 0.25) is 0 Å². The highest BCUT2D eigenvalue weighted by molar-refractivity contribution is 5.98. The first kappa shape index (κ1) is 15.5. The van der Waals surface area contributed by atoms with E-state index in [2.05, 4.69) is 10.1 Å². The van der Waals surface area contributed by atoms with E-state index in [1.54, 1.807) is 24.1 Å². The van der Waals surface area contributed by atoms with Crippen molar-refractivity contribution in [2.75, 3.05) is 13.1 Å². The van der Waals surface area contributed by atoms with Gasteiger partial charge in [-0.15, -0.1) is 0 Å². The molecule has 0 aromatic carbocycles. The van der Waals surface area contributed by atoms with Crippen molar-refractivity contribution in [3.8, 4) is 0 Å². The second kappa shape index (κ2) is 5.64. The van der Waals surface area contributed by atoms with Gasteiger partial charge in [-0.3, -0.25) is 9.59 Å². The normalized spacial score (nSPS) is 18.1. The molecule has 1 fully saturated rings. The number of pyridine rings is 1. The summed E-state index contributed by atoms with van der Waals surface area (Å²) in [6, 6.07) is 2.00. The number of aryl methyl sites for hydroxylation is 1. The maximum atomic E-state index is 12.7. The van der Waals surface area contributed by atoms with Gasteiger partial charge in [0.1, 0.15) is 0 Å². The first-order chi connectivity index (χ1) is 10.9. The van der Waals surface area contributed by atoms with Crippen LogP contribution in [0, 0.1) is 12.8 Å². The SMILES string of the molecule is Cc1nc2c(cnn2C(C)C)cc1C(=O)N1CCC(C(=O)O)C1. The van der Waals surface area contributed by atoms with Gasteiger partial charge in [-0.2, -0.15) is 5.10 Å². The zero-order valence-corrected chi connectivity index (χ0v) is 13.5. The van der Waals surface area contributed by atoms with Crippen LogP contribution in [0.25, 0.3) is 11.0 Å². The standard InChI is InChI=1S/C16H20N4O3/c1-9(2)20-14-12(7-17-20)6-13(10(3)18-14)15(21)19-5-4-11(8-19)16(22)23/h6-7,9,11H,4-5,8H2,1-3H3,(H,22,23). The molecule has 1 aliphatic heterocycles. The van der Waals surface area contributed by atoms with Crippen molar-refractivity contribution in [1.29, 1.82) is 0 Å². The van der Waals surface area contributed by atoms with Crippen molar-refractivity contribution < 1.29 is 14.7 Å². The summed E-state index contributed by atoms with van der Waals surface area (Å²) >= 11 is 0. The first-order valence-electron chi connectivity index (χ1n) is 7.75. The molecule has 1 aliphatic rings. The third kappa shape index (κ3) is 2.67. The molecule has 0 bridgehead atoms. The number of carboxylic acid groups (broad SMARTS) is 1. The van der Waals surface area contributed by atoms with Crippen LogP contribution in [0.4, 0.5) is 0 Å². The first-order valence-corrected chi connectivity index (χ1v) is 7.75. The molecular weight excluding hydrogens is 296 g/mol. The second-order valence-corrected chi connectivity index (χ2v) is 6.29. The van der Waals surface area contributed by atoms with Crippen LogP contribution < -0.4 is 0 Å². The van der Waals surface area contributed by atoms with Crippen molar-refractivity contribution in [1.82, 2.24) is 19.7 Å². The Hall–Kier alpha value is -2.44. The second-order valence-electron chi connectivity index (χ2n) is 6.29. The molecule has 7 nitrogen and oxygen atoms in total. The molecule has 1 saturated heterocycles. The number of aliphatic carboxylic acids is 1. The zero-order chi connectivity index (χ0) is 16.7. The number of amides is 1. The summed E-state index contributed by atoms with van der Waals surface area (Å²) in [5.41, 5.74) is 1.93. The van der Waals surface area contributed by atoms with Crippen LogP contribution in [-0.4, -0.2) is 49.7 Å². The third-order valence-corrected chi connectivity index (χ3v) is 4.30. The minimum Gasteiger partial charge on any atom is -0.481 e. The van der Waals surface area contributed by atoms with Gasteiger partial charge >= 0.3 is 5.97 Å². The van der Waals surface area contributed by atoms with Gasteiger partial charge in [0.05, 0.1) is 23.4 Å². The van der Waals surface area contributed by atoms with Gasteiger partial charge in [-0.1, -0.05) is 0 Å². The fourth-order valence-electron chi connectivity index (χ4n) is 2.98. The van der Waals surface area contributed by atoms with E-state index in [9.17, 15) is 9.59 Å². The molecule has 7 heteroatoms. The highest BCUT2D eigenvalue weighted by atomic mass is 16.4. The van der Waals surface area contributed by atoms with E-state index in [-0.39, 0.29) is 18.5 Å². The fraction of sp³-hybridized carbons (Fsp3) is 0.500. The zero-order valence-electron chi connectivity index (χ0n) is 13.5. The molecule has 2 aromatic rings. The lowest BCUT2D eigenvalue weighted by molar-refractivity contribution is -0.141. The van der Waals surface area contributed by atoms with E-state index in [0.717, 1.165) is 11.0 Å². The van der Waals surface area contributed by atoms with E-state index in [0.29, 0.717) is 24.2 Å². The van der Waals surface area contributed by atoms with Gasteiger partial charge in [0.25, 0.3) is 5.91 Å². The van der Waals surface area contributed by atoms with E-state index in [4.69, 9.17) is 5.11 Å². The predicted octanol–water partition coefficient (Wildman–Crippen LogP) is 1.87. The number of fused-ring (bicyclic) bond motifs is 1. The van der Waals surface area contributed by atoms with E-state index in [1.165, 1.54) is 0 Å². The number of carbonyl (C=O) groups excluding carboxylic acids is 1. The van der Waals surface area contributed by atoms with E-state index in [1.807, 2.05) is 18.5 Å². The number of likely N-dealkylation sites (tertiary alicyclic amines) is 1. The van der Waals surface area contributed by atoms with Crippen LogP contribution in [-0.2, 0) is 4.79 Å². The maximum Gasteiger partial charge on any atom is 0.308 e. The fourth-order valence-corrected chi connectivity index (χ4v) is 2.98. The number of hydrogen-bond acceptors (Lipinski definition) is 4. The van der Waals surface area contributed by atoms with Gasteiger partial charge in [0.15, 0.2) is 5.65 Å². The van der Waals surface area contributed by atoms with Crippen LogP contribution >= 0.6 is 0 Å². The van der Waals surface area contributed by atoms with E-state index >= 15 is 0 Å². The Labute approximate surface area is 133 Å². The van der Waals surface area contributed by atoms with Crippen LogP contribution in [0.1, 0.15) is 42.4 Å². The van der Waals surface area contributed by atoms with Crippen molar-refractivity contribution in [2.24, 2.45) is 5.92 Å². The molecule has 1 amide bonds. The number of hydrogen-bond donors (Lipinski definition) is 1. The molecule has 1 N–H and O–H groups in total. The average Bonchev–Trinajstić information content (AvgIpc) is 3.12. The molecule has 0 saturated carbocycles. The Morgan fingerprint density at radius 3 is 2.74 bits per heavy atom. The van der Waals surface area contributed by atoms with Crippen LogP contribution in [0.5, 0.6) is 0 Å². The quantitative estimate of drug-likeness (QED) is 0.934. The highest BCUT2D eigenvalue weighted by Crippen LogP contribution is 2.23. The number of carbonyl (C=O) groups is 2. The number of carboxylic acids is 1. The van der Waals surface area contributed by atoms with Crippen LogP contribution in [0.15, 0.2) is 12.3 Å². The molecule has 0 aliphatic carbocycles. The maximum absolute atomic E-state index is 12.7. The molecule has 1 unspecified atom stereocenters. The summed E-state index contributed by atoms with van der Waals surface area (Å²) in [4.78, 5) is 29.9. The Morgan fingerprint density at radius 2 is 2.13 bits per heavy atom. The van der Waals surface area contributed by atoms with Gasteiger partial charge in [0, 0.05) is 24.5 Å². The van der Waals surface area contributed by atoms with Gasteiger partial charge in [-0.05, 0) is 33.3 Å². The monoisotopic (exact) mass is 316 g/mol. The summed E-state index contributed by atoms with van der Waals surface area (Å²) in [6.07, 6.45) is 2.21. The van der Waals surface area contributed by atoms with E-state index < -0.39 is 11.9 Å². The Balaban J connectivity index is 1.92. The molecule has 23 heavy (non-hydrogen) atoms. The summed E-state index contributed by atoms with van der Waals surface area (Å²) in [6.45, 7) is 6.59. The van der Waals surface area contributed by atoms with Crippen molar-refractivity contribution >= 4 is 22.9 Å². The predicted molar refractivity (Wildman–Crippen MR) is 84.3 cm³/mol. The summed E-state index contributed by atoms with van der Waals surface area (Å²) in [7, 11) is 0. The van der Waals surface area contributed by atoms with Gasteiger partial charge < -0.3 is 10.0 Å². The molecule has 1 atom stereocenters. The van der Waals surface area contributed by atoms with Crippen molar-refractivity contribution in [2.45, 2.75) is 33.2 Å². The largest absolute Gasteiger partial charge is 0.481 e. The van der Waals surface area contributed by atoms with Gasteiger partial charge in [-0.25, -0.2) is 9.67 Å². The molecule has 0 radical (unpaired) electrons. The topological polar surface area (TPSA) is 88.3 Å². The minimum atomic E-state index is -0.844. The lowest BCUT2D eigenvalue weighted by Crippen LogP contribution is -2.30. The number of aromatic nitrogens is 3. The van der Waals surface area contributed by atoms with Crippen molar-refractivity contribution in [3.05, 3.63) is 23.5 Å². The molecule has 2 aromatic heterocycles. The Bertz CT molecular complexity index is 781. The summed E-state index contributed by atoms with van der Waals surface area (Å²) in [5, 5.41) is 14.2. The van der Waals surface area contributed by atoms with Crippen LogP contribution in [0.3, 0.4) is 0 Å². The minimum absolute atomic E-state index is 0.155. The Morgan fingerprint density at radius 1 is 1.39 bits per heavy atom. The van der Waals surface area contributed by atoms with Crippen molar-refractivity contribution in [3.63, 3.8) is 0 Å². The molecule has 3 heterocycles. The smallest absolute Gasteiger partial charge is 0.308 e. The lowest BCUT2D eigenvalue weighted by Gasteiger charge is -2.17. The molecular formula is C16H20N4O3. The highest BCUT2D eigenvalue weighted by Gasteiger charge is 2.32. The summed E-state index contributed by atoms with van der Waals surface area (Å²) < 4.78 is 1.83. The molecule has 0 spiro atoms. The van der Waals surface area contributed by atoms with Gasteiger partial charge in [0.2, 0.25) is 0 Å². The number of nitrogens with zero attached hydrogens (tertiary/aromatic N) is 4. The third-order valence-electron chi connectivity index (χ3n) is 4.30. The lowest BCUT2D eigenvalue weighted by atomic mass is 10.1. The molecule has 122 valence electrons.